The van der Waals surface area contributed by atoms with Crippen molar-refractivity contribution in [1.29, 1.82) is 0 Å². The Bertz CT molecular complexity index is 988. The maximum atomic E-state index is 14.4. The first-order chi connectivity index (χ1) is 12.7. The average molecular weight is 344 g/mol. The summed E-state index contributed by atoms with van der Waals surface area (Å²) in [5, 5.41) is 0. The number of hydrogen-bond acceptors (Lipinski definition) is 2. The van der Waals surface area contributed by atoms with Crippen LogP contribution >= 0.6 is 0 Å². The van der Waals surface area contributed by atoms with Crippen LogP contribution in [0.25, 0.3) is 6.08 Å². The molecule has 0 bridgehead atoms. The lowest BCUT2D eigenvalue weighted by molar-refractivity contribution is 0.103. The van der Waals surface area contributed by atoms with Crippen molar-refractivity contribution in [2.24, 2.45) is 0 Å². The molecular formula is C23H17FO2. The molecule has 128 valence electrons. The van der Waals surface area contributed by atoms with E-state index in [0.717, 1.165) is 22.4 Å². The lowest BCUT2D eigenvalue weighted by atomic mass is 9.89. The highest BCUT2D eigenvalue weighted by Crippen LogP contribution is 2.43. The molecule has 3 aromatic rings. The third kappa shape index (κ3) is 2.72. The normalized spacial score (nSPS) is 17.4. The highest BCUT2D eigenvalue weighted by molar-refractivity contribution is 6.17. The van der Waals surface area contributed by atoms with Crippen molar-refractivity contribution >= 4 is 11.9 Å². The van der Waals surface area contributed by atoms with E-state index in [2.05, 4.69) is 0 Å². The van der Waals surface area contributed by atoms with Crippen LogP contribution in [0.1, 0.15) is 33.0 Å². The van der Waals surface area contributed by atoms with Gasteiger partial charge >= 0.3 is 0 Å². The van der Waals surface area contributed by atoms with Crippen molar-refractivity contribution in [1.82, 2.24) is 0 Å². The monoisotopic (exact) mass is 344 g/mol. The van der Waals surface area contributed by atoms with Gasteiger partial charge in [0.1, 0.15) is 11.6 Å². The van der Waals surface area contributed by atoms with Crippen LogP contribution in [0.15, 0.2) is 78.4 Å². The van der Waals surface area contributed by atoms with Gasteiger partial charge in [-0.05, 0) is 41.0 Å². The van der Waals surface area contributed by atoms with E-state index in [1.165, 1.54) is 6.07 Å². The molecule has 1 aliphatic rings. The molecule has 3 heteroatoms. The van der Waals surface area contributed by atoms with Crippen molar-refractivity contribution in [2.45, 2.75) is 5.92 Å². The number of ether oxygens (including phenoxy) is 1. The Kier molecular flexibility index (Phi) is 4.13. The van der Waals surface area contributed by atoms with Crippen LogP contribution in [0.3, 0.4) is 0 Å². The lowest BCUT2D eigenvalue weighted by Crippen LogP contribution is -2.02. The highest BCUT2D eigenvalue weighted by atomic mass is 19.1. The predicted octanol–water partition coefficient (Wildman–Crippen LogP) is 5.25. The molecule has 1 aliphatic carbocycles. The first kappa shape index (κ1) is 16.3. The van der Waals surface area contributed by atoms with E-state index >= 15 is 0 Å². The smallest absolute Gasteiger partial charge is 0.193 e. The molecule has 1 atom stereocenters. The Balaban J connectivity index is 1.88. The minimum absolute atomic E-state index is 0.182. The molecule has 3 aromatic carbocycles. The molecule has 0 heterocycles. The number of hydrogen-bond donors (Lipinski definition) is 0. The Hall–Kier alpha value is -3.20. The first-order valence-electron chi connectivity index (χ1n) is 8.42. The third-order valence-electron chi connectivity index (χ3n) is 4.73. The van der Waals surface area contributed by atoms with Crippen molar-refractivity contribution in [3.63, 3.8) is 0 Å². The van der Waals surface area contributed by atoms with E-state index < -0.39 is 5.82 Å². The van der Waals surface area contributed by atoms with Gasteiger partial charge in [-0.1, -0.05) is 54.6 Å². The van der Waals surface area contributed by atoms with E-state index in [-0.39, 0.29) is 17.3 Å². The van der Waals surface area contributed by atoms with Gasteiger partial charge < -0.3 is 4.74 Å². The zero-order valence-electron chi connectivity index (χ0n) is 14.3. The summed E-state index contributed by atoms with van der Waals surface area (Å²) < 4.78 is 19.6. The van der Waals surface area contributed by atoms with E-state index in [1.807, 2.05) is 66.7 Å². The SMILES string of the molecule is COc1ccc(/C=C2/C(=O)c3c(F)cccc3[C@@H]2c2ccccc2)cc1. The Morgan fingerprint density at radius 3 is 2.35 bits per heavy atom. The molecule has 0 amide bonds. The van der Waals surface area contributed by atoms with E-state index in [9.17, 15) is 9.18 Å². The van der Waals surface area contributed by atoms with Crippen LogP contribution in [0.4, 0.5) is 4.39 Å². The van der Waals surface area contributed by atoms with Gasteiger partial charge in [0.05, 0.1) is 12.7 Å². The van der Waals surface area contributed by atoms with Gasteiger partial charge in [0.25, 0.3) is 0 Å². The zero-order chi connectivity index (χ0) is 18.1. The molecule has 0 unspecified atom stereocenters. The highest BCUT2D eigenvalue weighted by Gasteiger charge is 2.37. The third-order valence-corrected chi connectivity index (χ3v) is 4.73. The molecule has 0 saturated carbocycles. The second-order valence-electron chi connectivity index (χ2n) is 6.25. The second-order valence-corrected chi connectivity index (χ2v) is 6.25. The van der Waals surface area contributed by atoms with Crippen LogP contribution in [-0.4, -0.2) is 12.9 Å². The van der Waals surface area contributed by atoms with Crippen LogP contribution in [0, 0.1) is 5.82 Å². The van der Waals surface area contributed by atoms with Crippen LogP contribution < -0.4 is 4.74 Å². The molecule has 0 radical (unpaired) electrons. The van der Waals surface area contributed by atoms with Crippen molar-refractivity contribution in [3.05, 3.63) is 106 Å². The van der Waals surface area contributed by atoms with Gasteiger partial charge in [0.2, 0.25) is 0 Å². The summed E-state index contributed by atoms with van der Waals surface area (Å²) in [7, 11) is 1.61. The first-order valence-corrected chi connectivity index (χ1v) is 8.42. The minimum Gasteiger partial charge on any atom is -0.497 e. The predicted molar refractivity (Wildman–Crippen MR) is 100.0 cm³/mol. The molecule has 0 N–H and O–H groups in total. The molecule has 0 spiro atoms. The molecule has 0 aliphatic heterocycles. The van der Waals surface area contributed by atoms with Crippen molar-refractivity contribution in [2.75, 3.05) is 7.11 Å². The van der Waals surface area contributed by atoms with E-state index in [0.29, 0.717) is 5.57 Å². The van der Waals surface area contributed by atoms with E-state index in [4.69, 9.17) is 4.74 Å². The fourth-order valence-electron chi connectivity index (χ4n) is 3.50. The largest absolute Gasteiger partial charge is 0.497 e. The maximum absolute atomic E-state index is 14.4. The Labute approximate surface area is 151 Å². The second kappa shape index (κ2) is 6.60. The van der Waals surface area contributed by atoms with Gasteiger partial charge in [-0.3, -0.25) is 4.79 Å². The fourth-order valence-corrected chi connectivity index (χ4v) is 3.50. The summed E-state index contributed by atoms with van der Waals surface area (Å²) >= 11 is 0. The van der Waals surface area contributed by atoms with Crippen LogP contribution in [0.5, 0.6) is 5.75 Å². The summed E-state index contributed by atoms with van der Waals surface area (Å²) in [4.78, 5) is 13.0. The number of carbonyl (C=O) groups excluding carboxylic acids is 1. The molecule has 0 aromatic heterocycles. The summed E-state index contributed by atoms with van der Waals surface area (Å²) in [6, 6.07) is 22.0. The van der Waals surface area contributed by atoms with Crippen molar-refractivity contribution in [3.8, 4) is 5.75 Å². The van der Waals surface area contributed by atoms with Crippen LogP contribution in [0.2, 0.25) is 0 Å². The molecule has 2 nitrogen and oxygen atoms in total. The van der Waals surface area contributed by atoms with Gasteiger partial charge in [-0.2, -0.15) is 0 Å². The number of methoxy groups -OCH3 is 1. The summed E-state index contributed by atoms with van der Waals surface area (Å²) in [5.74, 6) is -0.232. The standard InChI is InChI=1S/C23H17FO2/c1-26-17-12-10-15(11-13-17)14-19-21(16-6-3-2-4-7-16)18-8-5-9-20(24)22(18)23(19)25/h2-14,21H,1H3/b19-14+/t21-/m0/s1. The maximum Gasteiger partial charge on any atom is 0.193 e. The fraction of sp³-hybridized carbons (Fsp3) is 0.0870. The number of rotatable bonds is 3. The van der Waals surface area contributed by atoms with Gasteiger partial charge in [0.15, 0.2) is 5.78 Å². The van der Waals surface area contributed by atoms with Gasteiger partial charge in [-0.15, -0.1) is 0 Å². The quantitative estimate of drug-likeness (QED) is 0.607. The molecule has 0 saturated heterocycles. The Morgan fingerprint density at radius 1 is 0.923 bits per heavy atom. The number of Topliss-reactive ketones (excluding diaryl/α,β-unsaturated/α-hetero) is 1. The topological polar surface area (TPSA) is 26.3 Å². The molecule has 4 rings (SSSR count). The zero-order valence-corrected chi connectivity index (χ0v) is 14.3. The van der Waals surface area contributed by atoms with E-state index in [1.54, 1.807) is 13.2 Å². The lowest BCUT2D eigenvalue weighted by Gasteiger charge is -2.14. The summed E-state index contributed by atoms with van der Waals surface area (Å²) in [5.41, 5.74) is 3.34. The Morgan fingerprint density at radius 2 is 1.65 bits per heavy atom. The molecule has 26 heavy (non-hydrogen) atoms. The minimum atomic E-state index is -0.466. The van der Waals surface area contributed by atoms with Gasteiger partial charge in [-0.25, -0.2) is 4.39 Å². The van der Waals surface area contributed by atoms with Crippen LogP contribution in [-0.2, 0) is 0 Å². The number of benzene rings is 3. The number of allylic oxidation sites excluding steroid dienone is 1. The molecule has 0 fully saturated rings. The number of ketones is 1. The average Bonchev–Trinajstić information content (AvgIpc) is 2.96. The van der Waals surface area contributed by atoms with Gasteiger partial charge in [0, 0.05) is 11.5 Å². The summed E-state index contributed by atoms with van der Waals surface area (Å²) in [6.45, 7) is 0. The number of fused-ring (bicyclic) bond motifs is 1. The number of halogens is 1. The van der Waals surface area contributed by atoms with Crippen molar-refractivity contribution < 1.29 is 13.9 Å². The summed E-state index contributed by atoms with van der Waals surface area (Å²) in [6.07, 6.45) is 1.85. The number of carbonyl (C=O) groups is 1. The molecular weight excluding hydrogens is 327 g/mol.